The van der Waals surface area contributed by atoms with Crippen LogP contribution in [-0.2, 0) is 4.79 Å². The maximum Gasteiger partial charge on any atom is 0.291 e. The van der Waals surface area contributed by atoms with E-state index in [9.17, 15) is 9.59 Å². The molecule has 0 aliphatic rings. The van der Waals surface area contributed by atoms with Gasteiger partial charge in [0.15, 0.2) is 5.76 Å². The fourth-order valence-corrected chi connectivity index (χ4v) is 3.91. The molecule has 0 spiro atoms. The maximum atomic E-state index is 12.8. The highest BCUT2D eigenvalue weighted by Gasteiger charge is 2.19. The molecule has 0 aliphatic heterocycles. The fourth-order valence-electron chi connectivity index (χ4n) is 2.90. The van der Waals surface area contributed by atoms with Crippen LogP contribution in [-0.4, -0.2) is 17.1 Å². The Hall–Kier alpha value is -2.99. The van der Waals surface area contributed by atoms with E-state index in [0.29, 0.717) is 12.1 Å². The van der Waals surface area contributed by atoms with Crippen molar-refractivity contribution in [1.29, 1.82) is 0 Å². The van der Waals surface area contributed by atoms with Crippen LogP contribution in [0.1, 0.15) is 35.0 Å². The summed E-state index contributed by atoms with van der Waals surface area (Å²) in [5.41, 5.74) is 3.69. The summed E-state index contributed by atoms with van der Waals surface area (Å²) < 4.78 is 5.11. The van der Waals surface area contributed by atoms with Crippen molar-refractivity contribution in [3.05, 3.63) is 77.7 Å². The zero-order valence-corrected chi connectivity index (χ0v) is 17.5. The van der Waals surface area contributed by atoms with E-state index < -0.39 is 0 Å². The number of hydrogen-bond acceptors (Lipinski definition) is 4. The van der Waals surface area contributed by atoms with Gasteiger partial charge in [0.25, 0.3) is 5.91 Å². The van der Waals surface area contributed by atoms with Gasteiger partial charge in [0.1, 0.15) is 0 Å². The molecular formula is C23H24N2O3S. The Balaban J connectivity index is 1.67. The van der Waals surface area contributed by atoms with Crippen LogP contribution >= 0.6 is 11.8 Å². The first-order valence-electron chi connectivity index (χ1n) is 9.46. The minimum atomic E-state index is -0.309. The van der Waals surface area contributed by atoms with Crippen molar-refractivity contribution in [1.82, 2.24) is 0 Å². The van der Waals surface area contributed by atoms with Crippen molar-refractivity contribution in [2.45, 2.75) is 37.3 Å². The number of benzene rings is 2. The number of thioether (sulfide) groups is 1. The summed E-state index contributed by atoms with van der Waals surface area (Å²) in [6.45, 7) is 6.00. The monoisotopic (exact) mass is 408 g/mol. The SMILES string of the molecule is CCC(Sc1cccc(NC(=O)c2ccco2)c1)C(=O)Nc1ccc(C)cc1C. The second-order valence-corrected chi connectivity index (χ2v) is 8.06. The predicted octanol–water partition coefficient (Wildman–Crippen LogP) is 5.66. The van der Waals surface area contributed by atoms with Gasteiger partial charge in [-0.15, -0.1) is 11.8 Å². The number of carbonyl (C=O) groups is 2. The Labute approximate surface area is 174 Å². The lowest BCUT2D eigenvalue weighted by Gasteiger charge is -2.16. The number of amides is 2. The van der Waals surface area contributed by atoms with E-state index in [-0.39, 0.29) is 22.8 Å². The first-order valence-corrected chi connectivity index (χ1v) is 10.3. The molecule has 0 radical (unpaired) electrons. The molecule has 2 N–H and O–H groups in total. The Morgan fingerprint density at radius 2 is 1.86 bits per heavy atom. The molecule has 1 unspecified atom stereocenters. The van der Waals surface area contributed by atoms with Crippen molar-refractivity contribution in [3.63, 3.8) is 0 Å². The minimum absolute atomic E-state index is 0.0329. The van der Waals surface area contributed by atoms with Crippen LogP contribution in [0.4, 0.5) is 11.4 Å². The highest BCUT2D eigenvalue weighted by atomic mass is 32.2. The summed E-state index contributed by atoms with van der Waals surface area (Å²) in [4.78, 5) is 25.9. The Morgan fingerprint density at radius 3 is 2.55 bits per heavy atom. The molecule has 1 aromatic heterocycles. The number of anilines is 2. The Kier molecular flexibility index (Phi) is 6.77. The number of nitrogens with one attached hydrogen (secondary N) is 2. The van der Waals surface area contributed by atoms with Gasteiger partial charge in [-0.05, 0) is 62.2 Å². The first-order chi connectivity index (χ1) is 14.0. The number of carbonyl (C=O) groups excluding carboxylic acids is 2. The second kappa shape index (κ2) is 9.47. The summed E-state index contributed by atoms with van der Waals surface area (Å²) in [6, 6.07) is 16.7. The molecule has 2 aromatic carbocycles. The van der Waals surface area contributed by atoms with Gasteiger partial charge < -0.3 is 15.1 Å². The smallest absolute Gasteiger partial charge is 0.291 e. The molecule has 1 heterocycles. The molecule has 0 saturated heterocycles. The lowest BCUT2D eigenvalue weighted by molar-refractivity contribution is -0.115. The third kappa shape index (κ3) is 5.51. The lowest BCUT2D eigenvalue weighted by atomic mass is 10.1. The molecular weight excluding hydrogens is 384 g/mol. The highest BCUT2D eigenvalue weighted by molar-refractivity contribution is 8.00. The van der Waals surface area contributed by atoms with Crippen LogP contribution in [0.2, 0.25) is 0 Å². The Bertz CT molecular complexity index is 999. The number of hydrogen-bond donors (Lipinski definition) is 2. The quantitative estimate of drug-likeness (QED) is 0.495. The van der Waals surface area contributed by atoms with Gasteiger partial charge in [-0.1, -0.05) is 30.7 Å². The van der Waals surface area contributed by atoms with E-state index in [1.54, 1.807) is 12.1 Å². The van der Waals surface area contributed by atoms with Crippen LogP contribution in [0, 0.1) is 13.8 Å². The van der Waals surface area contributed by atoms with E-state index in [4.69, 9.17) is 4.42 Å². The molecule has 3 aromatic rings. The van der Waals surface area contributed by atoms with Gasteiger partial charge >= 0.3 is 0 Å². The molecule has 1 atom stereocenters. The second-order valence-electron chi connectivity index (χ2n) is 6.78. The van der Waals surface area contributed by atoms with Crippen LogP contribution in [0.5, 0.6) is 0 Å². The summed E-state index contributed by atoms with van der Waals surface area (Å²) >= 11 is 1.48. The average Bonchev–Trinajstić information content (AvgIpc) is 3.23. The molecule has 29 heavy (non-hydrogen) atoms. The van der Waals surface area contributed by atoms with E-state index in [1.165, 1.54) is 18.0 Å². The molecule has 0 aliphatic carbocycles. The molecule has 2 amide bonds. The Morgan fingerprint density at radius 1 is 1.03 bits per heavy atom. The molecule has 0 saturated carbocycles. The fraction of sp³-hybridized carbons (Fsp3) is 0.217. The zero-order chi connectivity index (χ0) is 20.8. The van der Waals surface area contributed by atoms with E-state index in [0.717, 1.165) is 21.7 Å². The van der Waals surface area contributed by atoms with Gasteiger partial charge in [0, 0.05) is 16.3 Å². The minimum Gasteiger partial charge on any atom is -0.459 e. The topological polar surface area (TPSA) is 71.3 Å². The van der Waals surface area contributed by atoms with Crippen molar-refractivity contribution in [2.75, 3.05) is 10.6 Å². The third-order valence-corrected chi connectivity index (χ3v) is 5.78. The normalized spacial score (nSPS) is 11.7. The van der Waals surface area contributed by atoms with Gasteiger partial charge in [-0.2, -0.15) is 0 Å². The summed E-state index contributed by atoms with van der Waals surface area (Å²) in [5.74, 6) is -0.0893. The summed E-state index contributed by atoms with van der Waals surface area (Å²) in [6.07, 6.45) is 2.14. The van der Waals surface area contributed by atoms with E-state index >= 15 is 0 Å². The molecule has 150 valence electrons. The molecule has 0 bridgehead atoms. The first kappa shape index (κ1) is 20.7. The van der Waals surface area contributed by atoms with Crippen LogP contribution in [0.15, 0.2) is 70.2 Å². The van der Waals surface area contributed by atoms with Crippen molar-refractivity contribution >= 4 is 35.0 Å². The number of rotatable bonds is 7. The molecule has 6 heteroatoms. The van der Waals surface area contributed by atoms with Crippen LogP contribution in [0.3, 0.4) is 0 Å². The van der Waals surface area contributed by atoms with Crippen LogP contribution in [0.25, 0.3) is 0 Å². The number of furan rings is 1. The summed E-state index contributed by atoms with van der Waals surface area (Å²) in [7, 11) is 0. The van der Waals surface area contributed by atoms with Crippen molar-refractivity contribution in [3.8, 4) is 0 Å². The van der Waals surface area contributed by atoms with Gasteiger partial charge in [0.2, 0.25) is 5.91 Å². The third-order valence-electron chi connectivity index (χ3n) is 4.42. The molecule has 5 nitrogen and oxygen atoms in total. The van der Waals surface area contributed by atoms with E-state index in [1.807, 2.05) is 57.2 Å². The van der Waals surface area contributed by atoms with Crippen molar-refractivity contribution < 1.29 is 14.0 Å². The van der Waals surface area contributed by atoms with Gasteiger partial charge in [-0.3, -0.25) is 9.59 Å². The average molecular weight is 409 g/mol. The van der Waals surface area contributed by atoms with E-state index in [2.05, 4.69) is 16.7 Å². The molecule has 3 rings (SSSR count). The summed E-state index contributed by atoms with van der Waals surface area (Å²) in [5, 5.41) is 5.60. The van der Waals surface area contributed by atoms with Gasteiger partial charge in [-0.25, -0.2) is 0 Å². The van der Waals surface area contributed by atoms with Gasteiger partial charge in [0.05, 0.1) is 11.5 Å². The predicted molar refractivity (Wildman–Crippen MR) is 118 cm³/mol. The van der Waals surface area contributed by atoms with Crippen LogP contribution < -0.4 is 10.6 Å². The highest BCUT2D eigenvalue weighted by Crippen LogP contribution is 2.29. The zero-order valence-electron chi connectivity index (χ0n) is 16.7. The maximum absolute atomic E-state index is 12.8. The standard InChI is InChI=1S/C23H24N2O3S/c1-4-21(23(27)25-19-11-10-15(2)13-16(19)3)29-18-8-5-7-17(14-18)24-22(26)20-9-6-12-28-20/h5-14,21H,4H2,1-3H3,(H,24,26)(H,25,27). The number of aryl methyl sites for hydroxylation is 2. The lowest BCUT2D eigenvalue weighted by Crippen LogP contribution is -2.25. The largest absolute Gasteiger partial charge is 0.459 e. The molecule has 0 fully saturated rings. The van der Waals surface area contributed by atoms with Crippen molar-refractivity contribution in [2.24, 2.45) is 0 Å².